The van der Waals surface area contributed by atoms with Crippen LogP contribution in [0.25, 0.3) is 0 Å². The Labute approximate surface area is 219 Å². The lowest BCUT2D eigenvalue weighted by molar-refractivity contribution is -0.946. The van der Waals surface area contributed by atoms with E-state index < -0.39 is 11.9 Å². The molecule has 3 aromatic rings. The van der Waals surface area contributed by atoms with E-state index in [2.05, 4.69) is 0 Å². The first-order valence-electron chi connectivity index (χ1n) is 12.6. The van der Waals surface area contributed by atoms with E-state index in [1.807, 2.05) is 0 Å². The van der Waals surface area contributed by atoms with Gasteiger partial charge in [-0.3, -0.25) is 4.90 Å². The van der Waals surface area contributed by atoms with Gasteiger partial charge in [0.05, 0.1) is 31.9 Å². The third-order valence-corrected chi connectivity index (χ3v) is 8.14. The zero-order valence-corrected chi connectivity index (χ0v) is 21.1. The fourth-order valence-electron chi connectivity index (χ4n) is 5.66. The van der Waals surface area contributed by atoms with Crippen LogP contribution in [0, 0.1) is 23.4 Å². The summed E-state index contributed by atoms with van der Waals surface area (Å²) >= 11 is 6.25. The molecule has 0 N–H and O–H groups in total. The number of piperidine rings is 3. The molecule has 37 heavy (non-hydrogen) atoms. The Morgan fingerprint density at radius 1 is 0.973 bits per heavy atom. The Hall–Kier alpha value is -3.03. The lowest BCUT2D eigenvalue weighted by Crippen LogP contribution is -2.65. The largest absolute Gasteiger partial charge is 0.440 e. The van der Waals surface area contributed by atoms with E-state index >= 15 is 0 Å². The van der Waals surface area contributed by atoms with E-state index in [1.165, 1.54) is 41.3 Å². The highest BCUT2D eigenvalue weighted by Crippen LogP contribution is 2.37. The van der Waals surface area contributed by atoms with Gasteiger partial charge in [0.1, 0.15) is 24.0 Å². The molecule has 2 bridgehead atoms. The van der Waals surface area contributed by atoms with Crippen molar-refractivity contribution in [3.8, 4) is 0 Å². The number of amides is 1. The van der Waals surface area contributed by atoms with Crippen molar-refractivity contribution >= 4 is 23.4 Å². The first-order chi connectivity index (χ1) is 17.8. The van der Waals surface area contributed by atoms with Crippen molar-refractivity contribution in [1.82, 2.24) is 0 Å². The lowest BCUT2D eigenvalue weighted by atomic mass is 9.83. The molecule has 3 heterocycles. The molecule has 0 spiro atoms. The SMILES string of the molecule is O=C(OC1C[N+]2(CCc3c(F)cccc3Cl)CCC1CC2)N(Cc1ccc(F)cc1)c1cccc(F)c1. The fourth-order valence-corrected chi connectivity index (χ4v) is 5.92. The normalized spacial score (nSPS) is 22.6. The van der Waals surface area contributed by atoms with Crippen molar-refractivity contribution in [3.63, 3.8) is 0 Å². The number of anilines is 1. The molecular weight excluding hydrogens is 501 g/mol. The average molecular weight is 530 g/mol. The number of ether oxygens (including phenoxy) is 1. The number of fused-ring (bicyclic) bond motifs is 3. The highest BCUT2D eigenvalue weighted by molar-refractivity contribution is 6.31. The van der Waals surface area contributed by atoms with Gasteiger partial charge in [0, 0.05) is 35.8 Å². The molecule has 3 aliphatic rings. The molecule has 0 aliphatic carbocycles. The van der Waals surface area contributed by atoms with Crippen molar-refractivity contribution in [3.05, 3.63) is 100 Å². The third kappa shape index (κ3) is 5.78. The molecule has 3 aliphatic heterocycles. The van der Waals surface area contributed by atoms with Crippen LogP contribution in [0.4, 0.5) is 23.7 Å². The van der Waals surface area contributed by atoms with Gasteiger partial charge >= 0.3 is 6.09 Å². The highest BCUT2D eigenvalue weighted by Gasteiger charge is 2.47. The predicted octanol–water partition coefficient (Wildman–Crippen LogP) is 6.75. The number of benzene rings is 3. The molecule has 6 rings (SSSR count). The van der Waals surface area contributed by atoms with E-state index in [1.54, 1.807) is 30.3 Å². The van der Waals surface area contributed by atoms with Crippen LogP contribution in [0.1, 0.15) is 24.0 Å². The summed E-state index contributed by atoms with van der Waals surface area (Å²) in [5.41, 5.74) is 1.59. The minimum Gasteiger partial charge on any atom is -0.440 e. The van der Waals surface area contributed by atoms with Crippen LogP contribution in [0.15, 0.2) is 66.7 Å². The molecule has 8 heteroatoms. The van der Waals surface area contributed by atoms with Crippen LogP contribution in [0.3, 0.4) is 0 Å². The third-order valence-electron chi connectivity index (χ3n) is 7.79. The van der Waals surface area contributed by atoms with E-state index in [-0.39, 0.29) is 30.2 Å². The Bertz CT molecular complexity index is 1240. The minimum atomic E-state index is -0.566. The van der Waals surface area contributed by atoms with E-state index in [0.717, 1.165) is 30.4 Å². The van der Waals surface area contributed by atoms with Gasteiger partial charge in [-0.05, 0) is 48.0 Å². The number of carbonyl (C=O) groups excluding carboxylic acids is 1. The van der Waals surface area contributed by atoms with Gasteiger partial charge in [-0.25, -0.2) is 18.0 Å². The molecule has 0 saturated carbocycles. The number of hydrogen-bond acceptors (Lipinski definition) is 2. The molecule has 194 valence electrons. The first kappa shape index (κ1) is 25.6. The standard InChI is InChI=1S/C29H29ClF3N2O2/c30-26-5-2-6-27(33)25(26)13-16-35-14-11-21(12-15-35)28(19-35)37-29(36)34(24-4-1-3-23(32)17-24)18-20-7-9-22(31)10-8-20/h1-10,17,21,28H,11-16,18-19H2/q+1. The van der Waals surface area contributed by atoms with Gasteiger partial charge in [-0.15, -0.1) is 0 Å². The molecule has 3 fully saturated rings. The van der Waals surface area contributed by atoms with Crippen molar-refractivity contribution in [2.24, 2.45) is 5.92 Å². The molecule has 4 nitrogen and oxygen atoms in total. The Balaban J connectivity index is 1.32. The summed E-state index contributed by atoms with van der Waals surface area (Å²) in [6.07, 6.45) is 1.48. The van der Waals surface area contributed by atoms with Crippen LogP contribution in [0.5, 0.6) is 0 Å². The molecule has 0 aromatic heterocycles. The summed E-state index contributed by atoms with van der Waals surface area (Å²) in [6.45, 7) is 3.38. The second kappa shape index (κ2) is 10.8. The summed E-state index contributed by atoms with van der Waals surface area (Å²) in [4.78, 5) is 14.9. The summed E-state index contributed by atoms with van der Waals surface area (Å²) in [6, 6.07) is 16.4. The smallest absolute Gasteiger partial charge is 0.415 e. The summed E-state index contributed by atoms with van der Waals surface area (Å²) in [5.74, 6) is -0.886. The average Bonchev–Trinajstić information content (AvgIpc) is 2.88. The monoisotopic (exact) mass is 529 g/mol. The van der Waals surface area contributed by atoms with Crippen LogP contribution < -0.4 is 4.90 Å². The van der Waals surface area contributed by atoms with Crippen LogP contribution in [0.2, 0.25) is 5.02 Å². The van der Waals surface area contributed by atoms with Gasteiger partial charge < -0.3 is 9.22 Å². The van der Waals surface area contributed by atoms with Crippen LogP contribution in [-0.2, 0) is 17.7 Å². The maximum absolute atomic E-state index is 14.4. The molecule has 1 unspecified atom stereocenters. The molecule has 3 saturated heterocycles. The molecule has 0 radical (unpaired) electrons. The lowest BCUT2D eigenvalue weighted by Gasteiger charge is -2.52. The molecule has 1 amide bonds. The summed E-state index contributed by atoms with van der Waals surface area (Å²) in [5, 5.41) is 0.430. The predicted molar refractivity (Wildman–Crippen MR) is 137 cm³/mol. The zero-order valence-electron chi connectivity index (χ0n) is 20.4. The topological polar surface area (TPSA) is 29.5 Å². The van der Waals surface area contributed by atoms with Crippen LogP contribution in [-0.4, -0.2) is 42.9 Å². The van der Waals surface area contributed by atoms with E-state index in [0.29, 0.717) is 41.3 Å². The van der Waals surface area contributed by atoms with Crippen molar-refractivity contribution in [1.29, 1.82) is 0 Å². The first-order valence-corrected chi connectivity index (χ1v) is 13.0. The van der Waals surface area contributed by atoms with Gasteiger partial charge in [0.25, 0.3) is 0 Å². The summed E-state index contributed by atoms with van der Waals surface area (Å²) < 4.78 is 48.6. The number of rotatable bonds is 7. The summed E-state index contributed by atoms with van der Waals surface area (Å²) in [7, 11) is 0. The maximum atomic E-state index is 14.4. The number of hydrogen-bond donors (Lipinski definition) is 0. The number of nitrogens with zero attached hydrogens (tertiary/aromatic N) is 2. The minimum absolute atomic E-state index is 0.117. The maximum Gasteiger partial charge on any atom is 0.415 e. The van der Waals surface area contributed by atoms with Crippen LogP contribution >= 0.6 is 11.6 Å². The molecule has 1 atom stereocenters. The van der Waals surface area contributed by atoms with Gasteiger partial charge in [0.2, 0.25) is 0 Å². The van der Waals surface area contributed by atoms with Crippen molar-refractivity contribution in [2.75, 3.05) is 31.1 Å². The highest BCUT2D eigenvalue weighted by atomic mass is 35.5. The fraction of sp³-hybridized carbons (Fsp3) is 0.345. The van der Waals surface area contributed by atoms with Gasteiger partial charge in [-0.2, -0.15) is 0 Å². The molecular formula is C29H29ClF3N2O2+. The number of halogens is 4. The Morgan fingerprint density at radius 3 is 2.41 bits per heavy atom. The quantitative estimate of drug-likeness (QED) is 0.317. The Morgan fingerprint density at radius 2 is 1.70 bits per heavy atom. The number of carbonyl (C=O) groups is 1. The zero-order chi connectivity index (χ0) is 26.0. The van der Waals surface area contributed by atoms with Crippen molar-refractivity contribution in [2.45, 2.75) is 31.9 Å². The van der Waals surface area contributed by atoms with Gasteiger partial charge in [-0.1, -0.05) is 35.9 Å². The van der Waals surface area contributed by atoms with Gasteiger partial charge in [0.15, 0.2) is 6.10 Å². The second-order valence-corrected chi connectivity index (χ2v) is 10.5. The van der Waals surface area contributed by atoms with E-state index in [9.17, 15) is 18.0 Å². The Kier molecular flexibility index (Phi) is 7.45. The second-order valence-electron chi connectivity index (χ2n) is 10.1. The van der Waals surface area contributed by atoms with Crippen molar-refractivity contribution < 1.29 is 27.2 Å². The number of quaternary nitrogens is 1. The van der Waals surface area contributed by atoms with E-state index in [4.69, 9.17) is 16.3 Å². The molecule has 3 aromatic carbocycles.